The zero-order chi connectivity index (χ0) is 18.8. The normalized spacial score (nSPS) is 10.9. The Morgan fingerprint density at radius 1 is 1.07 bits per heavy atom. The summed E-state index contributed by atoms with van der Waals surface area (Å²) in [5.74, 6) is 0.00369. The maximum absolute atomic E-state index is 13.2. The van der Waals surface area contributed by atoms with Crippen molar-refractivity contribution in [2.45, 2.75) is 20.8 Å². The highest BCUT2D eigenvalue weighted by atomic mass is 35.5. The quantitative estimate of drug-likeness (QED) is 0.610. The van der Waals surface area contributed by atoms with E-state index in [2.05, 4.69) is 30.9 Å². The van der Waals surface area contributed by atoms with Crippen LogP contribution in [0.4, 0.5) is 5.13 Å². The minimum absolute atomic E-state index is 0. The van der Waals surface area contributed by atoms with Crippen LogP contribution >= 0.6 is 23.7 Å². The summed E-state index contributed by atoms with van der Waals surface area (Å²) in [6.07, 6.45) is 0. The molecule has 27 heavy (non-hydrogen) atoms. The second kappa shape index (κ2) is 8.83. The number of benzene rings is 2. The Morgan fingerprint density at radius 3 is 2.48 bits per heavy atom. The van der Waals surface area contributed by atoms with E-state index in [0.717, 1.165) is 27.5 Å². The molecule has 0 saturated carbocycles. The number of fused-ring (bicyclic) bond motifs is 1. The molecule has 0 atom stereocenters. The van der Waals surface area contributed by atoms with Gasteiger partial charge in [0.25, 0.3) is 5.91 Å². The van der Waals surface area contributed by atoms with Gasteiger partial charge in [-0.15, -0.1) is 12.4 Å². The summed E-state index contributed by atoms with van der Waals surface area (Å²) in [6, 6.07) is 12.0. The van der Waals surface area contributed by atoms with E-state index in [4.69, 9.17) is 4.98 Å². The van der Waals surface area contributed by atoms with Gasteiger partial charge >= 0.3 is 0 Å². The summed E-state index contributed by atoms with van der Waals surface area (Å²) < 4.78 is 1.12. The van der Waals surface area contributed by atoms with Crippen molar-refractivity contribution < 1.29 is 4.79 Å². The topological polar surface area (TPSA) is 36.4 Å². The largest absolute Gasteiger partial charge is 0.308 e. The molecule has 144 valence electrons. The minimum Gasteiger partial charge on any atom is -0.308 e. The number of hydrogen-bond donors (Lipinski definition) is 0. The molecule has 1 heterocycles. The number of anilines is 1. The smallest absolute Gasteiger partial charge is 0.260 e. The molecule has 0 fully saturated rings. The monoisotopic (exact) mass is 403 g/mol. The highest BCUT2D eigenvalue weighted by molar-refractivity contribution is 7.22. The Kier molecular flexibility index (Phi) is 6.98. The summed E-state index contributed by atoms with van der Waals surface area (Å²) in [6.45, 7) is 7.58. The summed E-state index contributed by atoms with van der Waals surface area (Å²) in [5, 5.41) is 0.766. The van der Waals surface area contributed by atoms with Gasteiger partial charge in [0.15, 0.2) is 5.13 Å². The lowest BCUT2D eigenvalue weighted by molar-refractivity contribution is 0.0985. The third-order valence-corrected chi connectivity index (χ3v) is 5.63. The van der Waals surface area contributed by atoms with Crippen LogP contribution in [0.2, 0.25) is 0 Å². The molecule has 0 N–H and O–H groups in total. The minimum atomic E-state index is 0. The molecule has 0 saturated heterocycles. The number of thiazole rings is 1. The summed E-state index contributed by atoms with van der Waals surface area (Å²) in [5.41, 5.74) is 5.19. The average molecular weight is 404 g/mol. The van der Waals surface area contributed by atoms with Crippen molar-refractivity contribution in [2.75, 3.05) is 32.1 Å². The molecule has 3 aromatic rings. The van der Waals surface area contributed by atoms with Crippen LogP contribution in [0.3, 0.4) is 0 Å². The number of halogens is 1. The molecule has 0 spiro atoms. The van der Waals surface area contributed by atoms with E-state index in [0.29, 0.717) is 12.1 Å². The molecule has 1 amide bonds. The lowest BCUT2D eigenvalue weighted by atomic mass is 10.1. The van der Waals surface area contributed by atoms with Crippen molar-refractivity contribution in [2.24, 2.45) is 0 Å². The lowest BCUT2D eigenvalue weighted by Crippen LogP contribution is -2.36. The molecular weight excluding hydrogens is 378 g/mol. The van der Waals surface area contributed by atoms with E-state index in [1.54, 1.807) is 11.3 Å². The number of amides is 1. The fourth-order valence-corrected chi connectivity index (χ4v) is 3.90. The molecule has 2 aromatic carbocycles. The number of aromatic nitrogens is 1. The van der Waals surface area contributed by atoms with Crippen molar-refractivity contribution in [3.8, 4) is 0 Å². The van der Waals surface area contributed by atoms with Gasteiger partial charge in [-0.25, -0.2) is 4.98 Å². The van der Waals surface area contributed by atoms with E-state index in [1.165, 1.54) is 11.1 Å². The van der Waals surface area contributed by atoms with E-state index in [1.807, 2.05) is 50.2 Å². The Labute approximate surface area is 171 Å². The van der Waals surface area contributed by atoms with E-state index in [-0.39, 0.29) is 18.3 Å². The molecule has 4 nitrogen and oxygen atoms in total. The number of hydrogen-bond acceptors (Lipinski definition) is 4. The van der Waals surface area contributed by atoms with Gasteiger partial charge in [0.1, 0.15) is 0 Å². The fraction of sp³-hybridized carbons (Fsp3) is 0.333. The van der Waals surface area contributed by atoms with Gasteiger partial charge in [-0.1, -0.05) is 35.1 Å². The number of aryl methyl sites for hydroxylation is 3. The highest BCUT2D eigenvalue weighted by Crippen LogP contribution is 2.32. The van der Waals surface area contributed by atoms with Crippen LogP contribution in [0.5, 0.6) is 0 Å². The molecule has 0 bridgehead atoms. The van der Waals surface area contributed by atoms with Crippen molar-refractivity contribution >= 4 is 45.0 Å². The van der Waals surface area contributed by atoms with Gasteiger partial charge in [0, 0.05) is 18.7 Å². The van der Waals surface area contributed by atoms with Gasteiger partial charge < -0.3 is 4.90 Å². The van der Waals surface area contributed by atoms with Crippen molar-refractivity contribution in [1.82, 2.24) is 9.88 Å². The first-order chi connectivity index (χ1) is 12.4. The Morgan fingerprint density at radius 2 is 1.81 bits per heavy atom. The summed E-state index contributed by atoms with van der Waals surface area (Å²) in [4.78, 5) is 21.9. The number of likely N-dealkylation sites (N-methyl/N-ethyl adjacent to an activating group) is 1. The molecule has 0 unspecified atom stereocenters. The molecule has 1 aromatic heterocycles. The predicted molar refractivity (Wildman–Crippen MR) is 118 cm³/mol. The van der Waals surface area contributed by atoms with Crippen LogP contribution < -0.4 is 4.90 Å². The SMILES string of the molecule is Cc1cccc(C(=O)N(CCN(C)C)c2nc3c(C)c(C)ccc3s2)c1.Cl. The maximum Gasteiger partial charge on any atom is 0.260 e. The van der Waals surface area contributed by atoms with Gasteiger partial charge in [-0.05, 0) is 64.2 Å². The van der Waals surface area contributed by atoms with Gasteiger partial charge in [-0.2, -0.15) is 0 Å². The first-order valence-electron chi connectivity index (χ1n) is 8.77. The molecular formula is C21H26ClN3OS. The van der Waals surface area contributed by atoms with Gasteiger partial charge in [0.2, 0.25) is 0 Å². The molecule has 3 rings (SSSR count). The fourth-order valence-electron chi connectivity index (χ4n) is 2.85. The van der Waals surface area contributed by atoms with Crippen LogP contribution in [-0.4, -0.2) is 43.0 Å². The highest BCUT2D eigenvalue weighted by Gasteiger charge is 2.22. The molecule has 0 aliphatic rings. The average Bonchev–Trinajstić information content (AvgIpc) is 3.02. The first-order valence-corrected chi connectivity index (χ1v) is 9.58. The molecule has 6 heteroatoms. The molecule has 0 aliphatic carbocycles. The van der Waals surface area contributed by atoms with E-state index in [9.17, 15) is 4.79 Å². The molecule has 0 radical (unpaired) electrons. The second-order valence-electron chi connectivity index (χ2n) is 6.98. The van der Waals surface area contributed by atoms with E-state index >= 15 is 0 Å². The molecule has 0 aliphatic heterocycles. The van der Waals surface area contributed by atoms with Gasteiger partial charge in [0.05, 0.1) is 10.2 Å². The zero-order valence-corrected chi connectivity index (χ0v) is 18.1. The number of carbonyl (C=O) groups is 1. The van der Waals surface area contributed by atoms with Crippen LogP contribution in [0.1, 0.15) is 27.0 Å². The Hall–Kier alpha value is -1.95. The lowest BCUT2D eigenvalue weighted by Gasteiger charge is -2.22. The van der Waals surface area contributed by atoms with Crippen LogP contribution in [-0.2, 0) is 0 Å². The zero-order valence-electron chi connectivity index (χ0n) is 16.4. The standard InChI is InChI=1S/C21H25N3OS.ClH/c1-14-7-6-8-17(13-14)20(25)24(12-11-23(4)5)21-22-19-16(3)15(2)9-10-18(19)26-21;/h6-10,13H,11-12H2,1-5H3;1H. The first kappa shape index (κ1) is 21.4. The third-order valence-electron chi connectivity index (χ3n) is 4.59. The summed E-state index contributed by atoms with van der Waals surface area (Å²) >= 11 is 1.58. The van der Waals surface area contributed by atoms with Crippen molar-refractivity contribution in [3.05, 3.63) is 58.7 Å². The number of rotatable bonds is 5. The van der Waals surface area contributed by atoms with E-state index < -0.39 is 0 Å². The van der Waals surface area contributed by atoms with Gasteiger partial charge in [-0.3, -0.25) is 9.69 Å². The van der Waals surface area contributed by atoms with Crippen LogP contribution in [0.15, 0.2) is 36.4 Å². The van der Waals surface area contributed by atoms with Crippen LogP contribution in [0.25, 0.3) is 10.2 Å². The predicted octanol–water partition coefficient (Wildman–Crippen LogP) is 4.85. The Bertz CT molecular complexity index is 952. The maximum atomic E-state index is 13.2. The third kappa shape index (κ3) is 4.67. The second-order valence-corrected chi connectivity index (χ2v) is 7.99. The Balaban J connectivity index is 0.00000261. The number of nitrogens with zero attached hydrogens (tertiary/aromatic N) is 3. The van der Waals surface area contributed by atoms with Crippen molar-refractivity contribution in [3.63, 3.8) is 0 Å². The van der Waals surface area contributed by atoms with Crippen LogP contribution in [0, 0.1) is 20.8 Å². The summed E-state index contributed by atoms with van der Waals surface area (Å²) in [7, 11) is 4.03. The number of carbonyl (C=O) groups excluding carboxylic acids is 1. The van der Waals surface area contributed by atoms with Crippen molar-refractivity contribution in [1.29, 1.82) is 0 Å².